The highest BCUT2D eigenvalue weighted by molar-refractivity contribution is 5.94. The van der Waals surface area contributed by atoms with Crippen LogP contribution in [0, 0.1) is 0 Å². The van der Waals surface area contributed by atoms with Crippen molar-refractivity contribution in [3.8, 4) is 11.5 Å². The van der Waals surface area contributed by atoms with Gasteiger partial charge < -0.3 is 15.2 Å². The molecule has 0 saturated carbocycles. The SMILES string of the molecule is CCCCCCCCCCCCNC(=O)NC(=O)COc1ccc(O)cc1. The second-order valence-electron chi connectivity index (χ2n) is 6.77. The zero-order valence-electron chi connectivity index (χ0n) is 16.5. The van der Waals surface area contributed by atoms with Gasteiger partial charge in [-0.2, -0.15) is 0 Å². The lowest BCUT2D eigenvalue weighted by molar-refractivity contribution is -0.122. The number of rotatable bonds is 14. The van der Waals surface area contributed by atoms with Gasteiger partial charge in [0.1, 0.15) is 11.5 Å². The number of carbonyl (C=O) groups is 2. The first-order chi connectivity index (χ1) is 13.1. The Hall–Kier alpha value is -2.24. The lowest BCUT2D eigenvalue weighted by Gasteiger charge is -2.08. The van der Waals surface area contributed by atoms with Gasteiger partial charge in [-0.3, -0.25) is 10.1 Å². The van der Waals surface area contributed by atoms with Crippen LogP contribution < -0.4 is 15.4 Å². The van der Waals surface area contributed by atoms with Crippen molar-refractivity contribution in [3.63, 3.8) is 0 Å². The standard InChI is InChI=1S/C21H34N2O4/c1-2-3-4-5-6-7-8-9-10-11-16-22-21(26)23-20(25)17-27-19-14-12-18(24)13-15-19/h12-15,24H,2-11,16-17H2,1H3,(H2,22,23,25,26). The van der Waals surface area contributed by atoms with Crippen LogP contribution in [0.3, 0.4) is 0 Å². The zero-order valence-corrected chi connectivity index (χ0v) is 16.5. The van der Waals surface area contributed by atoms with Crippen molar-refractivity contribution >= 4 is 11.9 Å². The van der Waals surface area contributed by atoms with Gasteiger partial charge in [0.15, 0.2) is 6.61 Å². The first kappa shape index (κ1) is 22.8. The van der Waals surface area contributed by atoms with E-state index in [0.29, 0.717) is 12.3 Å². The lowest BCUT2D eigenvalue weighted by Crippen LogP contribution is -2.41. The molecule has 0 aliphatic rings. The smallest absolute Gasteiger partial charge is 0.321 e. The molecule has 0 fully saturated rings. The Morgan fingerprint density at radius 3 is 2.04 bits per heavy atom. The van der Waals surface area contributed by atoms with Crippen LogP contribution in [-0.4, -0.2) is 30.2 Å². The maximum absolute atomic E-state index is 11.6. The van der Waals surface area contributed by atoms with E-state index in [1.54, 1.807) is 12.1 Å². The van der Waals surface area contributed by atoms with Crippen molar-refractivity contribution < 1.29 is 19.4 Å². The second kappa shape index (κ2) is 14.9. The summed E-state index contributed by atoms with van der Waals surface area (Å²) in [5, 5.41) is 14.1. The van der Waals surface area contributed by atoms with Gasteiger partial charge in [-0.1, -0.05) is 64.7 Å². The Balaban J connectivity index is 1.94. The molecule has 0 spiro atoms. The van der Waals surface area contributed by atoms with Crippen molar-refractivity contribution in [1.29, 1.82) is 0 Å². The Bertz CT molecular complexity index is 531. The van der Waals surface area contributed by atoms with E-state index in [4.69, 9.17) is 9.84 Å². The van der Waals surface area contributed by atoms with E-state index in [1.165, 1.54) is 63.5 Å². The number of carbonyl (C=O) groups excluding carboxylic acids is 2. The lowest BCUT2D eigenvalue weighted by atomic mass is 10.1. The molecule has 27 heavy (non-hydrogen) atoms. The average Bonchev–Trinajstić information content (AvgIpc) is 2.65. The van der Waals surface area contributed by atoms with Gasteiger partial charge in [0.25, 0.3) is 5.91 Å². The van der Waals surface area contributed by atoms with E-state index in [2.05, 4.69) is 17.6 Å². The molecule has 0 aliphatic heterocycles. The number of phenols is 1. The predicted molar refractivity (Wildman–Crippen MR) is 107 cm³/mol. The largest absolute Gasteiger partial charge is 0.508 e. The highest BCUT2D eigenvalue weighted by atomic mass is 16.5. The van der Waals surface area contributed by atoms with Gasteiger partial charge in [-0.25, -0.2) is 4.79 Å². The fraction of sp³-hybridized carbons (Fsp3) is 0.619. The van der Waals surface area contributed by atoms with E-state index in [0.717, 1.165) is 12.8 Å². The molecule has 6 heteroatoms. The van der Waals surface area contributed by atoms with Crippen molar-refractivity contribution in [2.24, 2.45) is 0 Å². The minimum Gasteiger partial charge on any atom is -0.508 e. The van der Waals surface area contributed by atoms with E-state index in [9.17, 15) is 9.59 Å². The molecule has 3 amide bonds. The summed E-state index contributed by atoms with van der Waals surface area (Å²) < 4.78 is 5.23. The van der Waals surface area contributed by atoms with E-state index >= 15 is 0 Å². The summed E-state index contributed by atoms with van der Waals surface area (Å²) in [7, 11) is 0. The summed E-state index contributed by atoms with van der Waals surface area (Å²) in [5.74, 6) is 0.0653. The summed E-state index contributed by atoms with van der Waals surface area (Å²) in [6.45, 7) is 2.54. The van der Waals surface area contributed by atoms with Gasteiger partial charge in [0.2, 0.25) is 0 Å². The van der Waals surface area contributed by atoms with Crippen molar-refractivity contribution in [2.45, 2.75) is 71.1 Å². The number of urea groups is 1. The summed E-state index contributed by atoms with van der Waals surface area (Å²) in [6.07, 6.45) is 12.4. The molecule has 0 atom stereocenters. The van der Waals surface area contributed by atoms with Crippen LogP contribution in [0.15, 0.2) is 24.3 Å². The number of nitrogens with one attached hydrogen (secondary N) is 2. The molecule has 0 heterocycles. The monoisotopic (exact) mass is 378 g/mol. The maximum Gasteiger partial charge on any atom is 0.321 e. The number of unbranched alkanes of at least 4 members (excludes halogenated alkanes) is 9. The molecule has 1 rings (SSSR count). The Kier molecular flexibility index (Phi) is 12.6. The Morgan fingerprint density at radius 2 is 1.44 bits per heavy atom. The molecular formula is C21H34N2O4. The maximum atomic E-state index is 11.6. The number of aromatic hydroxyl groups is 1. The second-order valence-corrected chi connectivity index (χ2v) is 6.77. The summed E-state index contributed by atoms with van der Waals surface area (Å²) in [5.41, 5.74) is 0. The molecule has 1 aromatic carbocycles. The van der Waals surface area contributed by atoms with Crippen molar-refractivity contribution in [1.82, 2.24) is 10.6 Å². The summed E-state index contributed by atoms with van der Waals surface area (Å²) >= 11 is 0. The Morgan fingerprint density at radius 1 is 0.889 bits per heavy atom. The van der Waals surface area contributed by atoms with Gasteiger partial charge in [-0.15, -0.1) is 0 Å². The third-order valence-corrected chi connectivity index (χ3v) is 4.28. The van der Waals surface area contributed by atoms with Crippen molar-refractivity contribution in [2.75, 3.05) is 13.2 Å². The van der Waals surface area contributed by atoms with Crippen LogP contribution in [0.2, 0.25) is 0 Å². The van der Waals surface area contributed by atoms with Crippen LogP contribution in [-0.2, 0) is 4.79 Å². The van der Waals surface area contributed by atoms with Gasteiger partial charge in [0.05, 0.1) is 0 Å². The van der Waals surface area contributed by atoms with Gasteiger partial charge in [-0.05, 0) is 30.7 Å². The molecule has 0 unspecified atom stereocenters. The average molecular weight is 379 g/mol. The van der Waals surface area contributed by atoms with Crippen LogP contribution >= 0.6 is 0 Å². The molecule has 0 radical (unpaired) electrons. The van der Waals surface area contributed by atoms with Gasteiger partial charge >= 0.3 is 6.03 Å². The molecule has 152 valence electrons. The third-order valence-electron chi connectivity index (χ3n) is 4.28. The highest BCUT2D eigenvalue weighted by Gasteiger charge is 2.07. The minimum absolute atomic E-state index is 0.123. The van der Waals surface area contributed by atoms with Crippen molar-refractivity contribution in [3.05, 3.63) is 24.3 Å². The summed E-state index contributed by atoms with van der Waals surface area (Å²) in [4.78, 5) is 23.3. The van der Waals surface area contributed by atoms with E-state index < -0.39 is 11.9 Å². The van der Waals surface area contributed by atoms with Crippen LogP contribution in [0.25, 0.3) is 0 Å². The highest BCUT2D eigenvalue weighted by Crippen LogP contribution is 2.15. The topological polar surface area (TPSA) is 87.7 Å². The molecule has 0 aliphatic carbocycles. The number of hydrogen-bond donors (Lipinski definition) is 3. The van der Waals surface area contributed by atoms with Crippen LogP contribution in [0.4, 0.5) is 4.79 Å². The minimum atomic E-state index is -0.511. The molecule has 0 saturated heterocycles. The quantitative estimate of drug-likeness (QED) is 0.415. The molecule has 3 N–H and O–H groups in total. The number of phenolic OH excluding ortho intramolecular Hbond substituents is 1. The van der Waals surface area contributed by atoms with E-state index in [-0.39, 0.29) is 12.4 Å². The third kappa shape index (κ3) is 12.7. The molecule has 1 aromatic rings. The van der Waals surface area contributed by atoms with Crippen LogP contribution in [0.1, 0.15) is 71.1 Å². The predicted octanol–water partition coefficient (Wildman–Crippen LogP) is 4.52. The normalized spacial score (nSPS) is 10.4. The molecule has 6 nitrogen and oxygen atoms in total. The number of hydrogen-bond acceptors (Lipinski definition) is 4. The summed E-state index contributed by atoms with van der Waals surface area (Å²) in [6, 6.07) is 5.53. The number of amides is 3. The number of benzene rings is 1. The Labute approximate surface area is 162 Å². The first-order valence-electron chi connectivity index (χ1n) is 10.1. The van der Waals surface area contributed by atoms with Gasteiger partial charge in [0, 0.05) is 6.54 Å². The molecule has 0 bridgehead atoms. The fourth-order valence-corrected chi connectivity index (χ4v) is 2.71. The number of imide groups is 1. The fourth-order valence-electron chi connectivity index (χ4n) is 2.71. The zero-order chi connectivity index (χ0) is 19.7. The molecule has 0 aromatic heterocycles. The number of ether oxygens (including phenoxy) is 1. The molecular weight excluding hydrogens is 344 g/mol. The first-order valence-corrected chi connectivity index (χ1v) is 10.1. The van der Waals surface area contributed by atoms with Crippen LogP contribution in [0.5, 0.6) is 11.5 Å². The van der Waals surface area contributed by atoms with E-state index in [1.807, 2.05) is 0 Å².